The average Bonchev–Trinajstić information content (AvgIpc) is 1.56. The molecule has 0 aliphatic rings. The van der Waals surface area contributed by atoms with Crippen molar-refractivity contribution < 1.29 is 9.53 Å². The van der Waals surface area contributed by atoms with Crippen LogP contribution in [0.25, 0.3) is 0 Å². The van der Waals surface area contributed by atoms with E-state index in [0.29, 0.717) is 0 Å². The van der Waals surface area contributed by atoms with Gasteiger partial charge in [-0.2, -0.15) is 0 Å². The van der Waals surface area contributed by atoms with Crippen molar-refractivity contribution in [3.05, 3.63) is 0 Å². The van der Waals surface area contributed by atoms with Crippen LogP contribution in [0.4, 0.5) is 4.79 Å². The van der Waals surface area contributed by atoms with Gasteiger partial charge in [-0.05, 0) is 13.8 Å². The normalized spacial score (nSPS) is 12.9. The molecule has 0 atom stereocenters. The van der Waals surface area contributed by atoms with Crippen molar-refractivity contribution in [2.75, 3.05) is 0 Å². The van der Waals surface area contributed by atoms with Gasteiger partial charge in [-0.1, -0.05) is 20.8 Å². The Bertz CT molecular complexity index is 156. The highest BCUT2D eigenvalue weighted by Crippen LogP contribution is 2.33. The van der Waals surface area contributed by atoms with Crippen molar-refractivity contribution in [3.8, 4) is 0 Å². The fraction of sp³-hybridized carbons (Fsp3) is 0.875. The van der Waals surface area contributed by atoms with Crippen LogP contribution in [0.2, 0.25) is 0 Å². The summed E-state index contributed by atoms with van der Waals surface area (Å²) in [6.45, 7) is 9.66. The van der Waals surface area contributed by atoms with E-state index in [-0.39, 0.29) is 5.41 Å². The molecule has 2 nitrogen and oxygen atoms in total. The lowest BCUT2D eigenvalue weighted by Crippen LogP contribution is -2.40. The first-order valence-corrected chi connectivity index (χ1v) is 3.93. The summed E-state index contributed by atoms with van der Waals surface area (Å²) in [5, 5.41) is 0. The van der Waals surface area contributed by atoms with Crippen LogP contribution in [-0.2, 0) is 4.74 Å². The first-order chi connectivity index (χ1) is 4.67. The van der Waals surface area contributed by atoms with E-state index in [1.165, 1.54) is 0 Å². The molecule has 0 N–H and O–H groups in total. The molecule has 0 aliphatic carbocycles. The van der Waals surface area contributed by atoms with E-state index < -0.39 is 11.0 Å². The highest BCUT2D eigenvalue weighted by Gasteiger charge is 2.36. The smallest absolute Gasteiger partial charge is 0.404 e. The molecule has 66 valence electrons. The third-order valence-electron chi connectivity index (χ3n) is 2.14. The van der Waals surface area contributed by atoms with Crippen molar-refractivity contribution in [3.63, 3.8) is 0 Å². The quantitative estimate of drug-likeness (QED) is 0.577. The molecule has 3 heteroatoms. The van der Waals surface area contributed by atoms with E-state index in [1.54, 1.807) is 0 Å². The lowest BCUT2D eigenvalue weighted by Gasteiger charge is -2.37. The Morgan fingerprint density at radius 3 is 1.64 bits per heavy atom. The van der Waals surface area contributed by atoms with Crippen molar-refractivity contribution in [2.24, 2.45) is 5.41 Å². The first-order valence-electron chi connectivity index (χ1n) is 3.55. The molecule has 0 aliphatic heterocycles. The molecule has 0 saturated carbocycles. The zero-order chi connectivity index (χ0) is 9.28. The molecule has 0 radical (unpaired) electrons. The summed E-state index contributed by atoms with van der Waals surface area (Å²) in [4.78, 5) is 10.4. The second-order valence-electron chi connectivity index (χ2n) is 4.10. The Hall–Kier alpha value is -0.240. The van der Waals surface area contributed by atoms with Crippen LogP contribution in [0.3, 0.4) is 0 Å². The monoisotopic (exact) mass is 178 g/mol. The van der Waals surface area contributed by atoms with Gasteiger partial charge in [0.15, 0.2) is 0 Å². The van der Waals surface area contributed by atoms with E-state index in [2.05, 4.69) is 0 Å². The van der Waals surface area contributed by atoms with Crippen molar-refractivity contribution >= 4 is 17.0 Å². The Morgan fingerprint density at radius 1 is 1.18 bits per heavy atom. The maximum atomic E-state index is 10.4. The molecule has 0 aromatic rings. The zero-order valence-corrected chi connectivity index (χ0v) is 8.45. The van der Waals surface area contributed by atoms with Gasteiger partial charge in [0.25, 0.3) is 0 Å². The van der Waals surface area contributed by atoms with Gasteiger partial charge in [-0.3, -0.25) is 0 Å². The van der Waals surface area contributed by atoms with Crippen LogP contribution in [0.15, 0.2) is 0 Å². The van der Waals surface area contributed by atoms with Crippen LogP contribution in [0.1, 0.15) is 34.6 Å². The number of halogens is 1. The van der Waals surface area contributed by atoms with E-state index in [4.69, 9.17) is 16.3 Å². The van der Waals surface area contributed by atoms with Gasteiger partial charge in [-0.15, -0.1) is 0 Å². The number of ether oxygens (including phenoxy) is 1. The molecule has 0 aromatic heterocycles. The lowest BCUT2D eigenvalue weighted by molar-refractivity contribution is -0.0280. The van der Waals surface area contributed by atoms with Crippen molar-refractivity contribution in [1.82, 2.24) is 0 Å². The van der Waals surface area contributed by atoms with E-state index >= 15 is 0 Å². The number of hydrogen-bond acceptors (Lipinski definition) is 2. The molecule has 0 aromatic carbocycles. The van der Waals surface area contributed by atoms with Gasteiger partial charge >= 0.3 is 5.43 Å². The molecule has 11 heavy (non-hydrogen) atoms. The lowest BCUT2D eigenvalue weighted by atomic mass is 9.79. The molecule has 0 saturated heterocycles. The highest BCUT2D eigenvalue weighted by atomic mass is 35.5. The Kier molecular flexibility index (Phi) is 2.95. The molecular weight excluding hydrogens is 164 g/mol. The van der Waals surface area contributed by atoms with E-state index in [1.807, 2.05) is 34.6 Å². The van der Waals surface area contributed by atoms with E-state index in [9.17, 15) is 4.79 Å². The highest BCUT2D eigenvalue weighted by molar-refractivity contribution is 6.61. The maximum absolute atomic E-state index is 10.4. The molecule has 0 bridgehead atoms. The Balaban J connectivity index is 4.34. The predicted octanol–water partition coefficient (Wildman–Crippen LogP) is 3.19. The molecule has 0 rings (SSSR count). The third-order valence-corrected chi connectivity index (χ3v) is 2.22. The largest absolute Gasteiger partial charge is 0.447 e. The van der Waals surface area contributed by atoms with Crippen LogP contribution in [-0.4, -0.2) is 11.0 Å². The molecule has 0 amide bonds. The molecule has 0 unspecified atom stereocenters. The van der Waals surface area contributed by atoms with E-state index in [0.717, 1.165) is 0 Å². The summed E-state index contributed by atoms with van der Waals surface area (Å²) >= 11 is 5.11. The van der Waals surface area contributed by atoms with Gasteiger partial charge in [0.05, 0.1) is 0 Å². The zero-order valence-electron chi connectivity index (χ0n) is 7.69. The van der Waals surface area contributed by atoms with Gasteiger partial charge in [0, 0.05) is 17.0 Å². The summed E-state index contributed by atoms with van der Waals surface area (Å²) in [6, 6.07) is 0. The molecule has 0 heterocycles. The number of hydrogen-bond donors (Lipinski definition) is 0. The van der Waals surface area contributed by atoms with Crippen molar-refractivity contribution in [1.29, 1.82) is 0 Å². The van der Waals surface area contributed by atoms with Gasteiger partial charge in [0.2, 0.25) is 0 Å². The average molecular weight is 179 g/mol. The standard InChI is InChI=1S/C8H15ClO2/c1-7(2,3)8(4,5)11-6(9)10/h1-5H3. The summed E-state index contributed by atoms with van der Waals surface area (Å²) in [5.74, 6) is 0. The van der Waals surface area contributed by atoms with Crippen LogP contribution in [0.5, 0.6) is 0 Å². The summed E-state index contributed by atoms with van der Waals surface area (Å²) < 4.78 is 4.93. The molecule has 0 fully saturated rings. The summed E-state index contributed by atoms with van der Waals surface area (Å²) in [5.41, 5.74) is -1.37. The molecule has 0 spiro atoms. The predicted molar refractivity (Wildman–Crippen MR) is 45.9 cm³/mol. The first kappa shape index (κ1) is 10.8. The Morgan fingerprint density at radius 2 is 1.55 bits per heavy atom. The second-order valence-corrected chi connectivity index (χ2v) is 4.41. The fourth-order valence-electron chi connectivity index (χ4n) is 0.354. The topological polar surface area (TPSA) is 26.3 Å². The summed E-state index contributed by atoms with van der Waals surface area (Å²) in [6.07, 6.45) is 0. The number of carbonyl (C=O) groups excluding carboxylic acids is 1. The van der Waals surface area contributed by atoms with Gasteiger partial charge in [0.1, 0.15) is 5.60 Å². The van der Waals surface area contributed by atoms with Crippen LogP contribution in [0, 0.1) is 5.41 Å². The second kappa shape index (κ2) is 3.02. The minimum absolute atomic E-state index is 0.0997. The SMILES string of the molecule is CC(C)(C)C(C)(C)OC(=O)Cl. The minimum atomic E-state index is -0.745. The number of rotatable bonds is 1. The fourth-order valence-corrected chi connectivity index (χ4v) is 0.547. The van der Waals surface area contributed by atoms with Gasteiger partial charge < -0.3 is 4.74 Å². The van der Waals surface area contributed by atoms with Crippen molar-refractivity contribution in [2.45, 2.75) is 40.2 Å². The Labute approximate surface area is 72.9 Å². The number of carbonyl (C=O) groups is 1. The summed E-state index contributed by atoms with van der Waals surface area (Å²) in [7, 11) is 0. The van der Waals surface area contributed by atoms with Crippen LogP contribution < -0.4 is 0 Å². The molecular formula is C8H15ClO2. The maximum Gasteiger partial charge on any atom is 0.404 e. The van der Waals surface area contributed by atoms with Gasteiger partial charge in [-0.25, -0.2) is 4.79 Å². The van der Waals surface area contributed by atoms with Crippen LogP contribution >= 0.6 is 11.6 Å². The third kappa shape index (κ3) is 3.10. The minimum Gasteiger partial charge on any atom is -0.447 e.